The van der Waals surface area contributed by atoms with Gasteiger partial charge in [0.05, 0.1) is 10.9 Å². The Kier molecular flexibility index (Phi) is 5.17. The van der Waals surface area contributed by atoms with Crippen LogP contribution in [0.1, 0.15) is 35.9 Å². The molecular formula is C24H22N4OS. The first kappa shape index (κ1) is 18.8. The monoisotopic (exact) mass is 414 g/mol. The van der Waals surface area contributed by atoms with Gasteiger partial charge in [-0.05, 0) is 35.6 Å². The summed E-state index contributed by atoms with van der Waals surface area (Å²) in [6.45, 7) is 2.81. The topological polar surface area (TPSA) is 66.7 Å². The minimum Gasteiger partial charge on any atom is -0.418 e. The first-order valence-corrected chi connectivity index (χ1v) is 10.9. The summed E-state index contributed by atoms with van der Waals surface area (Å²) < 4.78 is 5.91. The zero-order valence-corrected chi connectivity index (χ0v) is 17.4. The van der Waals surface area contributed by atoms with Crippen LogP contribution in [0.15, 0.2) is 82.7 Å². The zero-order valence-electron chi connectivity index (χ0n) is 16.6. The molecule has 0 aliphatic carbocycles. The predicted molar refractivity (Wildman–Crippen MR) is 121 cm³/mol. The highest BCUT2D eigenvalue weighted by Crippen LogP contribution is 2.31. The molecule has 0 amide bonds. The first-order valence-electron chi connectivity index (χ1n) is 10.0. The number of nitrogens with one attached hydrogen (secondary N) is 2. The number of fused-ring (bicyclic) bond motifs is 1. The fourth-order valence-corrected chi connectivity index (χ4v) is 4.41. The lowest BCUT2D eigenvalue weighted by Gasteiger charge is -2.20. The van der Waals surface area contributed by atoms with Crippen LogP contribution in [-0.4, -0.2) is 21.7 Å². The Morgan fingerprint density at radius 1 is 1.00 bits per heavy atom. The van der Waals surface area contributed by atoms with Crippen molar-refractivity contribution >= 4 is 22.2 Å². The second kappa shape index (κ2) is 8.26. The Labute approximate surface area is 178 Å². The minimum atomic E-state index is -0.0531. The number of aromatic nitrogens is 3. The molecule has 0 saturated carbocycles. The van der Waals surface area contributed by atoms with E-state index in [1.165, 1.54) is 16.5 Å². The average molecular weight is 415 g/mol. The maximum absolute atomic E-state index is 5.91. The minimum absolute atomic E-state index is 0.0531. The molecule has 2 aromatic carbocycles. The fraction of sp³-hybridized carbons (Fsp3) is 0.167. The van der Waals surface area contributed by atoms with Gasteiger partial charge in [0.25, 0.3) is 5.89 Å². The van der Waals surface area contributed by atoms with E-state index in [4.69, 9.17) is 4.42 Å². The molecule has 0 unspecified atom stereocenters. The van der Waals surface area contributed by atoms with Crippen molar-refractivity contribution in [2.45, 2.75) is 18.9 Å². The van der Waals surface area contributed by atoms with Gasteiger partial charge in [0, 0.05) is 29.6 Å². The molecule has 150 valence electrons. The highest BCUT2D eigenvalue weighted by Gasteiger charge is 2.21. The van der Waals surface area contributed by atoms with E-state index in [0.717, 1.165) is 16.9 Å². The zero-order chi connectivity index (χ0) is 20.3. The quantitative estimate of drug-likeness (QED) is 0.355. The van der Waals surface area contributed by atoms with Crippen molar-refractivity contribution in [3.63, 3.8) is 0 Å². The second-order valence-corrected chi connectivity index (χ2v) is 8.25. The van der Waals surface area contributed by atoms with Gasteiger partial charge in [0.1, 0.15) is 0 Å². The summed E-state index contributed by atoms with van der Waals surface area (Å²) in [6, 6.07) is 22.9. The molecule has 2 N–H and O–H groups in total. The molecule has 6 heteroatoms. The van der Waals surface area contributed by atoms with E-state index in [-0.39, 0.29) is 12.0 Å². The van der Waals surface area contributed by atoms with E-state index in [2.05, 4.69) is 88.2 Å². The van der Waals surface area contributed by atoms with Gasteiger partial charge in [-0.15, -0.1) is 21.5 Å². The lowest BCUT2D eigenvalue weighted by molar-refractivity contribution is 0.419. The Hall–Kier alpha value is -3.22. The summed E-state index contributed by atoms with van der Waals surface area (Å²) >= 11 is 1.60. The van der Waals surface area contributed by atoms with Crippen molar-refractivity contribution in [1.82, 2.24) is 20.5 Å². The summed E-state index contributed by atoms with van der Waals surface area (Å²) in [5, 5.41) is 15.3. The van der Waals surface area contributed by atoms with Gasteiger partial charge < -0.3 is 14.7 Å². The Morgan fingerprint density at radius 3 is 2.67 bits per heavy atom. The molecule has 5 rings (SSSR count). The number of hydrogen-bond donors (Lipinski definition) is 2. The van der Waals surface area contributed by atoms with Crippen LogP contribution in [0.5, 0.6) is 0 Å². The van der Waals surface area contributed by atoms with Gasteiger partial charge in [0.15, 0.2) is 0 Å². The molecule has 0 aliphatic heterocycles. The van der Waals surface area contributed by atoms with E-state index in [1.807, 2.05) is 17.5 Å². The van der Waals surface area contributed by atoms with Gasteiger partial charge in [-0.3, -0.25) is 0 Å². The molecule has 0 spiro atoms. The Balaban J connectivity index is 1.39. The van der Waals surface area contributed by atoms with E-state index in [1.54, 1.807) is 11.3 Å². The van der Waals surface area contributed by atoms with Crippen molar-refractivity contribution < 1.29 is 4.42 Å². The predicted octanol–water partition coefficient (Wildman–Crippen LogP) is 5.76. The molecule has 0 saturated heterocycles. The van der Waals surface area contributed by atoms with Crippen molar-refractivity contribution in [1.29, 1.82) is 0 Å². The standard InChI is InChI=1S/C24H22N4OS/c1-16(23-27-28-24(29-23)22-12-7-13-30-22)25-14-19(17-8-3-2-4-9-17)20-15-26-21-11-6-5-10-18(20)21/h2-13,15-16,19,25-26H,14H2,1H3/t16-,19+/m1/s1. The maximum atomic E-state index is 5.91. The smallest absolute Gasteiger partial charge is 0.257 e. The lowest BCUT2D eigenvalue weighted by Crippen LogP contribution is -2.25. The first-order chi connectivity index (χ1) is 14.8. The summed E-state index contributed by atoms with van der Waals surface area (Å²) in [5.74, 6) is 1.37. The molecule has 0 bridgehead atoms. The molecule has 3 heterocycles. The molecule has 0 aliphatic rings. The normalized spacial score (nSPS) is 13.5. The molecule has 3 aromatic heterocycles. The number of H-pyrrole nitrogens is 1. The van der Waals surface area contributed by atoms with Crippen molar-refractivity contribution in [3.05, 3.63) is 95.3 Å². The molecular weight excluding hydrogens is 392 g/mol. The fourth-order valence-electron chi connectivity index (χ4n) is 3.77. The number of nitrogens with zero attached hydrogens (tertiary/aromatic N) is 2. The van der Waals surface area contributed by atoms with Crippen molar-refractivity contribution in [2.75, 3.05) is 6.54 Å². The van der Waals surface area contributed by atoms with Crippen LogP contribution >= 0.6 is 11.3 Å². The number of aromatic amines is 1. The molecule has 30 heavy (non-hydrogen) atoms. The van der Waals surface area contributed by atoms with Crippen LogP contribution in [0.3, 0.4) is 0 Å². The largest absolute Gasteiger partial charge is 0.418 e. The maximum Gasteiger partial charge on any atom is 0.257 e. The molecule has 5 aromatic rings. The van der Waals surface area contributed by atoms with E-state index in [9.17, 15) is 0 Å². The van der Waals surface area contributed by atoms with E-state index < -0.39 is 0 Å². The van der Waals surface area contributed by atoms with Gasteiger partial charge in [-0.25, -0.2) is 0 Å². The van der Waals surface area contributed by atoms with Gasteiger partial charge in [-0.2, -0.15) is 0 Å². The summed E-state index contributed by atoms with van der Waals surface area (Å²) in [7, 11) is 0. The SMILES string of the molecule is C[C@@H](NC[C@@H](c1ccccc1)c1c[nH]c2ccccc12)c1nnc(-c2cccs2)o1. The second-order valence-electron chi connectivity index (χ2n) is 7.31. The third kappa shape index (κ3) is 3.67. The van der Waals surface area contributed by atoms with Gasteiger partial charge in [-0.1, -0.05) is 54.6 Å². The van der Waals surface area contributed by atoms with Gasteiger partial charge >= 0.3 is 0 Å². The summed E-state index contributed by atoms with van der Waals surface area (Å²) in [6.07, 6.45) is 2.12. The average Bonchev–Trinajstić information content (AvgIpc) is 3.55. The molecule has 5 nitrogen and oxygen atoms in total. The molecule has 0 fully saturated rings. The highest BCUT2D eigenvalue weighted by atomic mass is 32.1. The number of thiophene rings is 1. The van der Waals surface area contributed by atoms with Gasteiger partial charge in [0.2, 0.25) is 5.89 Å². The Morgan fingerprint density at radius 2 is 1.83 bits per heavy atom. The summed E-state index contributed by atoms with van der Waals surface area (Å²) in [4.78, 5) is 4.40. The third-order valence-electron chi connectivity index (χ3n) is 5.37. The molecule has 0 radical (unpaired) electrons. The van der Waals surface area contributed by atoms with Crippen LogP contribution in [0, 0.1) is 0 Å². The number of benzene rings is 2. The van der Waals surface area contributed by atoms with Crippen LogP contribution in [-0.2, 0) is 0 Å². The van der Waals surface area contributed by atoms with E-state index >= 15 is 0 Å². The number of para-hydroxylation sites is 1. The van der Waals surface area contributed by atoms with Crippen LogP contribution < -0.4 is 5.32 Å². The lowest BCUT2D eigenvalue weighted by atomic mass is 9.90. The number of hydrogen-bond acceptors (Lipinski definition) is 5. The van der Waals surface area contributed by atoms with Crippen molar-refractivity contribution in [2.24, 2.45) is 0 Å². The van der Waals surface area contributed by atoms with Crippen LogP contribution in [0.25, 0.3) is 21.7 Å². The summed E-state index contributed by atoms with van der Waals surface area (Å²) in [5.41, 5.74) is 3.70. The van der Waals surface area contributed by atoms with Crippen molar-refractivity contribution in [3.8, 4) is 10.8 Å². The van der Waals surface area contributed by atoms with Crippen LogP contribution in [0.2, 0.25) is 0 Å². The number of rotatable bonds is 7. The van der Waals surface area contributed by atoms with E-state index in [0.29, 0.717) is 11.8 Å². The van der Waals surface area contributed by atoms with Crippen LogP contribution in [0.4, 0.5) is 0 Å². The Bertz CT molecular complexity index is 1230. The highest BCUT2D eigenvalue weighted by molar-refractivity contribution is 7.13. The third-order valence-corrected chi connectivity index (χ3v) is 6.23. The molecule has 2 atom stereocenters.